The fraction of sp³-hybridized carbons (Fsp3) is 0.294. The van der Waals surface area contributed by atoms with Gasteiger partial charge in [-0.15, -0.1) is 0 Å². The Bertz CT molecular complexity index is 586. The fourth-order valence-corrected chi connectivity index (χ4v) is 3.76. The third-order valence-corrected chi connectivity index (χ3v) is 4.87. The molecule has 0 heterocycles. The zero-order chi connectivity index (χ0) is 15.2. The average Bonchev–Trinajstić information content (AvgIpc) is 2.47. The number of hydrogen-bond donors (Lipinski definition) is 1. The standard InChI is InChI=1S/C17H19BrFNS/c1-3-10-20-12(2)16-9-8-15(11-17(16)18)21-14-6-4-13(19)5-7-14/h4-9,11-12,20H,3,10H2,1-2H3. The second-order valence-electron chi connectivity index (χ2n) is 4.92. The lowest BCUT2D eigenvalue weighted by atomic mass is 10.1. The van der Waals surface area contributed by atoms with Crippen LogP contribution in [-0.4, -0.2) is 6.54 Å². The molecule has 0 spiro atoms. The van der Waals surface area contributed by atoms with Gasteiger partial charge in [-0.1, -0.05) is 40.7 Å². The van der Waals surface area contributed by atoms with Crippen LogP contribution in [0.15, 0.2) is 56.7 Å². The summed E-state index contributed by atoms with van der Waals surface area (Å²) in [5.74, 6) is -0.202. The maximum atomic E-state index is 12.9. The van der Waals surface area contributed by atoms with Gasteiger partial charge >= 0.3 is 0 Å². The normalized spacial score (nSPS) is 12.4. The molecular formula is C17H19BrFNS. The summed E-state index contributed by atoms with van der Waals surface area (Å²) >= 11 is 5.28. The molecule has 0 aliphatic rings. The quantitative estimate of drug-likeness (QED) is 0.692. The van der Waals surface area contributed by atoms with Crippen molar-refractivity contribution in [3.05, 3.63) is 58.3 Å². The zero-order valence-corrected chi connectivity index (χ0v) is 14.6. The predicted octanol–water partition coefficient (Wildman–Crippen LogP) is 5.80. The second kappa shape index (κ2) is 7.97. The highest BCUT2D eigenvalue weighted by Crippen LogP contribution is 2.32. The lowest BCUT2D eigenvalue weighted by molar-refractivity contribution is 0.568. The molecule has 0 saturated carbocycles. The van der Waals surface area contributed by atoms with Crippen molar-refractivity contribution in [2.75, 3.05) is 6.54 Å². The minimum absolute atomic E-state index is 0.202. The van der Waals surface area contributed by atoms with E-state index >= 15 is 0 Å². The Balaban J connectivity index is 2.09. The van der Waals surface area contributed by atoms with Crippen LogP contribution in [0, 0.1) is 5.82 Å². The highest BCUT2D eigenvalue weighted by Gasteiger charge is 2.09. The Morgan fingerprint density at radius 2 is 1.81 bits per heavy atom. The van der Waals surface area contributed by atoms with Crippen molar-refractivity contribution in [3.63, 3.8) is 0 Å². The Hall–Kier alpha value is -0.840. The van der Waals surface area contributed by atoms with Gasteiger partial charge in [0.25, 0.3) is 0 Å². The molecule has 0 radical (unpaired) electrons. The third kappa shape index (κ3) is 4.83. The van der Waals surface area contributed by atoms with Gasteiger partial charge in [-0.25, -0.2) is 4.39 Å². The summed E-state index contributed by atoms with van der Waals surface area (Å²) in [7, 11) is 0. The Labute approximate surface area is 138 Å². The summed E-state index contributed by atoms with van der Waals surface area (Å²) in [6.45, 7) is 5.35. The van der Waals surface area contributed by atoms with Crippen LogP contribution in [0.3, 0.4) is 0 Å². The first-order valence-corrected chi connectivity index (χ1v) is 8.67. The lowest BCUT2D eigenvalue weighted by Crippen LogP contribution is -2.19. The van der Waals surface area contributed by atoms with Crippen LogP contribution in [0.4, 0.5) is 4.39 Å². The molecule has 4 heteroatoms. The molecule has 21 heavy (non-hydrogen) atoms. The second-order valence-corrected chi connectivity index (χ2v) is 6.92. The summed E-state index contributed by atoms with van der Waals surface area (Å²) < 4.78 is 14.0. The molecule has 0 saturated heterocycles. The lowest BCUT2D eigenvalue weighted by Gasteiger charge is -2.16. The van der Waals surface area contributed by atoms with Crippen molar-refractivity contribution in [1.82, 2.24) is 5.32 Å². The van der Waals surface area contributed by atoms with Gasteiger partial charge in [-0.3, -0.25) is 0 Å². The molecule has 1 unspecified atom stereocenters. The summed E-state index contributed by atoms with van der Waals surface area (Å²) in [4.78, 5) is 2.17. The van der Waals surface area contributed by atoms with E-state index < -0.39 is 0 Å². The minimum Gasteiger partial charge on any atom is -0.310 e. The summed E-state index contributed by atoms with van der Waals surface area (Å²) in [5, 5.41) is 3.49. The van der Waals surface area contributed by atoms with E-state index in [4.69, 9.17) is 0 Å². The van der Waals surface area contributed by atoms with Crippen molar-refractivity contribution in [2.45, 2.75) is 36.1 Å². The van der Waals surface area contributed by atoms with Crippen molar-refractivity contribution in [3.8, 4) is 0 Å². The van der Waals surface area contributed by atoms with E-state index in [2.05, 4.69) is 53.3 Å². The molecule has 1 N–H and O–H groups in total. The van der Waals surface area contributed by atoms with E-state index in [0.29, 0.717) is 6.04 Å². The summed E-state index contributed by atoms with van der Waals surface area (Å²) in [6, 6.07) is 13.3. The number of hydrogen-bond acceptors (Lipinski definition) is 2. The average molecular weight is 368 g/mol. The number of benzene rings is 2. The van der Waals surface area contributed by atoms with Crippen molar-refractivity contribution in [1.29, 1.82) is 0 Å². The monoisotopic (exact) mass is 367 g/mol. The molecule has 0 fully saturated rings. The van der Waals surface area contributed by atoms with E-state index in [1.54, 1.807) is 23.9 Å². The molecule has 112 valence electrons. The number of nitrogens with one attached hydrogen (secondary N) is 1. The summed E-state index contributed by atoms with van der Waals surface area (Å²) in [6.07, 6.45) is 1.13. The van der Waals surface area contributed by atoms with Gasteiger partial charge in [0.05, 0.1) is 0 Å². The molecule has 0 aliphatic heterocycles. The molecule has 0 aliphatic carbocycles. The summed E-state index contributed by atoms with van der Waals surface area (Å²) in [5.41, 5.74) is 1.26. The van der Waals surface area contributed by atoms with Crippen molar-refractivity contribution >= 4 is 27.7 Å². The molecule has 1 nitrogen and oxygen atoms in total. The SMILES string of the molecule is CCCNC(C)c1ccc(Sc2ccc(F)cc2)cc1Br. The van der Waals surface area contributed by atoms with E-state index in [9.17, 15) is 4.39 Å². The molecule has 0 amide bonds. The van der Waals surface area contributed by atoms with Gasteiger partial charge in [0.2, 0.25) is 0 Å². The largest absolute Gasteiger partial charge is 0.310 e. The van der Waals surface area contributed by atoms with E-state index in [0.717, 1.165) is 27.2 Å². The van der Waals surface area contributed by atoms with Crippen LogP contribution >= 0.6 is 27.7 Å². The van der Waals surface area contributed by atoms with Crippen LogP contribution < -0.4 is 5.32 Å². The van der Waals surface area contributed by atoms with Gasteiger partial charge < -0.3 is 5.32 Å². The third-order valence-electron chi connectivity index (χ3n) is 3.19. The number of halogens is 2. The maximum Gasteiger partial charge on any atom is 0.123 e. The fourth-order valence-electron chi connectivity index (χ4n) is 2.03. The van der Waals surface area contributed by atoms with Crippen LogP contribution in [-0.2, 0) is 0 Å². The molecule has 0 aromatic heterocycles. The topological polar surface area (TPSA) is 12.0 Å². The van der Waals surface area contributed by atoms with Crippen LogP contribution in [0.25, 0.3) is 0 Å². The van der Waals surface area contributed by atoms with Crippen LogP contribution in [0.2, 0.25) is 0 Å². The van der Waals surface area contributed by atoms with Gasteiger partial charge in [0, 0.05) is 20.3 Å². The van der Waals surface area contributed by atoms with Crippen molar-refractivity contribution in [2.24, 2.45) is 0 Å². The molecule has 2 rings (SSSR count). The Kier molecular flexibility index (Phi) is 6.27. The number of rotatable bonds is 6. The van der Waals surface area contributed by atoms with Gasteiger partial charge in [0.1, 0.15) is 5.82 Å². The first-order valence-electron chi connectivity index (χ1n) is 7.06. The van der Waals surface area contributed by atoms with Crippen LogP contribution in [0.1, 0.15) is 31.9 Å². The maximum absolute atomic E-state index is 12.9. The molecule has 0 bridgehead atoms. The van der Waals surface area contributed by atoms with E-state index in [1.807, 2.05) is 0 Å². The molecule has 2 aromatic rings. The molecule has 1 atom stereocenters. The van der Waals surface area contributed by atoms with Crippen LogP contribution in [0.5, 0.6) is 0 Å². The zero-order valence-electron chi connectivity index (χ0n) is 12.2. The smallest absolute Gasteiger partial charge is 0.123 e. The predicted molar refractivity (Wildman–Crippen MR) is 91.4 cm³/mol. The van der Waals surface area contributed by atoms with Gasteiger partial charge in [-0.05, 0) is 61.9 Å². The van der Waals surface area contributed by atoms with Gasteiger partial charge in [0.15, 0.2) is 0 Å². The van der Waals surface area contributed by atoms with Gasteiger partial charge in [-0.2, -0.15) is 0 Å². The molecular weight excluding hydrogens is 349 g/mol. The Morgan fingerprint density at radius 1 is 1.14 bits per heavy atom. The molecule has 2 aromatic carbocycles. The first-order chi connectivity index (χ1) is 10.1. The van der Waals surface area contributed by atoms with E-state index in [1.165, 1.54) is 17.7 Å². The Morgan fingerprint density at radius 3 is 2.43 bits per heavy atom. The van der Waals surface area contributed by atoms with E-state index in [-0.39, 0.29) is 5.82 Å². The highest BCUT2D eigenvalue weighted by atomic mass is 79.9. The highest BCUT2D eigenvalue weighted by molar-refractivity contribution is 9.10. The minimum atomic E-state index is -0.202. The first kappa shape index (κ1) is 16.5. The van der Waals surface area contributed by atoms with Crippen molar-refractivity contribution < 1.29 is 4.39 Å².